The topological polar surface area (TPSA) is 23.8 Å². The molecule has 1 unspecified atom stereocenters. The summed E-state index contributed by atoms with van der Waals surface area (Å²) in [6.07, 6.45) is 0.695. The Morgan fingerprint density at radius 3 is 2.87 bits per heavy atom. The van der Waals surface area contributed by atoms with Gasteiger partial charge in [-0.15, -0.1) is 0 Å². The normalized spacial score (nSPS) is 12.1. The van der Waals surface area contributed by atoms with Gasteiger partial charge in [0.25, 0.3) is 0 Å². The minimum Gasteiger partial charge on any atom is -0.207 e. The molecule has 1 aromatic rings. The molecule has 0 aliphatic carbocycles. The minimum absolute atomic E-state index is 0.135. The molecule has 1 nitrogen and oxygen atoms in total. The van der Waals surface area contributed by atoms with E-state index in [9.17, 15) is 4.39 Å². The second-order valence-electron chi connectivity index (χ2n) is 3.81. The molecule has 0 heterocycles. The van der Waals surface area contributed by atoms with Gasteiger partial charge in [0.15, 0.2) is 0 Å². The Morgan fingerprint density at radius 2 is 2.27 bits per heavy atom. The Kier molecular flexibility index (Phi) is 4.64. The molecule has 0 aromatic heterocycles. The van der Waals surface area contributed by atoms with Crippen LogP contribution in [-0.4, -0.2) is 5.75 Å². The van der Waals surface area contributed by atoms with Crippen LogP contribution in [0.3, 0.4) is 0 Å². The molecule has 1 rings (SSSR count). The number of nitrogens with zero attached hydrogens (tertiary/aromatic N) is 1. The van der Waals surface area contributed by atoms with Crippen LogP contribution in [0.5, 0.6) is 0 Å². The maximum Gasteiger partial charge on any atom is 0.133 e. The average Bonchev–Trinajstić information content (AvgIpc) is 2.19. The zero-order valence-corrected chi connectivity index (χ0v) is 9.77. The van der Waals surface area contributed by atoms with E-state index in [1.165, 1.54) is 11.8 Å². The first-order valence-electron chi connectivity index (χ1n) is 4.89. The monoisotopic (exact) mass is 223 g/mol. The van der Waals surface area contributed by atoms with Crippen molar-refractivity contribution in [2.45, 2.75) is 20.3 Å². The van der Waals surface area contributed by atoms with Crippen molar-refractivity contribution >= 4 is 11.8 Å². The van der Waals surface area contributed by atoms with Crippen molar-refractivity contribution in [3.05, 3.63) is 35.1 Å². The van der Waals surface area contributed by atoms with Crippen LogP contribution in [0.15, 0.2) is 18.2 Å². The van der Waals surface area contributed by atoms with E-state index < -0.39 is 0 Å². The van der Waals surface area contributed by atoms with Gasteiger partial charge in [0.2, 0.25) is 0 Å². The van der Waals surface area contributed by atoms with Crippen molar-refractivity contribution in [3.8, 4) is 5.40 Å². The van der Waals surface area contributed by atoms with Crippen LogP contribution in [0.1, 0.15) is 18.1 Å². The van der Waals surface area contributed by atoms with Gasteiger partial charge in [-0.3, -0.25) is 0 Å². The number of hydrogen-bond donors (Lipinski definition) is 0. The fourth-order valence-electron chi connectivity index (χ4n) is 1.43. The van der Waals surface area contributed by atoms with Crippen LogP contribution in [0.25, 0.3) is 0 Å². The van der Waals surface area contributed by atoms with E-state index >= 15 is 0 Å². The molecule has 0 radical (unpaired) electrons. The zero-order chi connectivity index (χ0) is 11.3. The van der Waals surface area contributed by atoms with Gasteiger partial charge in [-0.2, -0.15) is 5.26 Å². The van der Waals surface area contributed by atoms with Crippen molar-refractivity contribution in [1.82, 2.24) is 0 Å². The maximum absolute atomic E-state index is 13.5. The first kappa shape index (κ1) is 12.1. The summed E-state index contributed by atoms with van der Waals surface area (Å²) in [4.78, 5) is 0. The highest BCUT2D eigenvalue weighted by Crippen LogP contribution is 2.17. The molecule has 0 saturated carbocycles. The molecule has 0 amide bonds. The van der Waals surface area contributed by atoms with Crippen LogP contribution in [0, 0.1) is 29.3 Å². The zero-order valence-electron chi connectivity index (χ0n) is 8.96. The lowest BCUT2D eigenvalue weighted by atomic mass is 10.0. The summed E-state index contributed by atoms with van der Waals surface area (Å²) >= 11 is 1.23. The van der Waals surface area contributed by atoms with Gasteiger partial charge in [0, 0.05) is 5.75 Å². The van der Waals surface area contributed by atoms with Crippen LogP contribution >= 0.6 is 11.8 Å². The summed E-state index contributed by atoms with van der Waals surface area (Å²) in [5.41, 5.74) is 1.68. The Bertz CT molecular complexity index is 370. The first-order chi connectivity index (χ1) is 7.13. The molecule has 0 aliphatic heterocycles. The Labute approximate surface area is 94.3 Å². The molecule has 0 N–H and O–H groups in total. The van der Waals surface area contributed by atoms with E-state index in [1.54, 1.807) is 6.07 Å². The summed E-state index contributed by atoms with van der Waals surface area (Å²) in [5.74, 6) is 0.944. The Morgan fingerprint density at radius 1 is 1.53 bits per heavy atom. The summed E-state index contributed by atoms with van der Waals surface area (Å²) in [6.45, 7) is 3.91. The smallest absolute Gasteiger partial charge is 0.133 e. The van der Waals surface area contributed by atoms with Crippen molar-refractivity contribution in [3.63, 3.8) is 0 Å². The molecular weight excluding hydrogens is 209 g/mol. The third-order valence-electron chi connectivity index (χ3n) is 2.21. The molecule has 15 heavy (non-hydrogen) atoms. The summed E-state index contributed by atoms with van der Waals surface area (Å²) < 4.78 is 13.5. The SMILES string of the molecule is Cc1ccc(CC(C)CSC#N)c(F)c1. The molecule has 0 spiro atoms. The highest BCUT2D eigenvalue weighted by Gasteiger charge is 2.08. The van der Waals surface area contributed by atoms with Gasteiger partial charge in [0.1, 0.15) is 11.2 Å². The number of halogens is 1. The van der Waals surface area contributed by atoms with Gasteiger partial charge in [-0.1, -0.05) is 19.1 Å². The number of aryl methyl sites for hydroxylation is 1. The highest BCUT2D eigenvalue weighted by molar-refractivity contribution is 8.03. The van der Waals surface area contributed by atoms with Crippen molar-refractivity contribution in [2.75, 3.05) is 5.75 Å². The second-order valence-corrected chi connectivity index (χ2v) is 4.61. The second kappa shape index (κ2) is 5.77. The molecule has 3 heteroatoms. The number of benzene rings is 1. The lowest BCUT2D eigenvalue weighted by Gasteiger charge is -2.09. The van der Waals surface area contributed by atoms with Crippen molar-refractivity contribution in [2.24, 2.45) is 5.92 Å². The number of thiocyanates is 1. The Hall–Kier alpha value is -1.01. The van der Waals surface area contributed by atoms with Gasteiger partial charge in [-0.05, 0) is 48.2 Å². The largest absolute Gasteiger partial charge is 0.207 e. The summed E-state index contributed by atoms with van der Waals surface area (Å²) in [6, 6.07) is 5.31. The molecular formula is C12H14FNS. The first-order valence-corrected chi connectivity index (χ1v) is 5.88. The third kappa shape index (κ3) is 3.93. The molecule has 0 bridgehead atoms. The van der Waals surface area contributed by atoms with E-state index in [0.29, 0.717) is 12.3 Å². The Balaban J connectivity index is 2.61. The maximum atomic E-state index is 13.5. The fourth-order valence-corrected chi connectivity index (χ4v) is 1.91. The number of thioether (sulfide) groups is 1. The molecule has 0 fully saturated rings. The number of hydrogen-bond acceptors (Lipinski definition) is 2. The van der Waals surface area contributed by atoms with Gasteiger partial charge >= 0.3 is 0 Å². The average molecular weight is 223 g/mol. The molecule has 1 atom stereocenters. The predicted octanol–water partition coefficient (Wildman–Crippen LogP) is 3.53. The van der Waals surface area contributed by atoms with E-state index in [-0.39, 0.29) is 5.82 Å². The lowest BCUT2D eigenvalue weighted by molar-refractivity contribution is 0.577. The predicted molar refractivity (Wildman–Crippen MR) is 62.1 cm³/mol. The lowest BCUT2D eigenvalue weighted by Crippen LogP contribution is -2.04. The molecule has 80 valence electrons. The molecule has 0 saturated heterocycles. The highest BCUT2D eigenvalue weighted by atomic mass is 32.2. The molecule has 1 aromatic carbocycles. The van der Waals surface area contributed by atoms with E-state index in [4.69, 9.17) is 5.26 Å². The fraction of sp³-hybridized carbons (Fsp3) is 0.417. The molecule has 0 aliphatic rings. The quantitative estimate of drug-likeness (QED) is 0.729. The summed E-state index contributed by atoms with van der Waals surface area (Å²) in [7, 11) is 0. The van der Waals surface area contributed by atoms with Gasteiger partial charge in [-0.25, -0.2) is 4.39 Å². The van der Waals surface area contributed by atoms with E-state index in [1.807, 2.05) is 31.4 Å². The van der Waals surface area contributed by atoms with E-state index in [0.717, 1.165) is 16.9 Å². The minimum atomic E-state index is -0.135. The standard InChI is InChI=1S/C12H14FNS/c1-9-3-4-11(12(13)6-9)5-10(2)7-15-8-14/h3-4,6,10H,5,7H2,1-2H3. The van der Waals surface area contributed by atoms with Gasteiger partial charge in [0.05, 0.1) is 0 Å². The number of nitriles is 1. The third-order valence-corrected chi connectivity index (χ3v) is 3.07. The van der Waals surface area contributed by atoms with Crippen LogP contribution in [0.4, 0.5) is 4.39 Å². The van der Waals surface area contributed by atoms with Crippen LogP contribution in [-0.2, 0) is 6.42 Å². The van der Waals surface area contributed by atoms with Crippen LogP contribution in [0.2, 0.25) is 0 Å². The van der Waals surface area contributed by atoms with Crippen molar-refractivity contribution in [1.29, 1.82) is 5.26 Å². The number of rotatable bonds is 4. The van der Waals surface area contributed by atoms with E-state index in [2.05, 4.69) is 0 Å². The van der Waals surface area contributed by atoms with Gasteiger partial charge < -0.3 is 0 Å². The van der Waals surface area contributed by atoms with Crippen LogP contribution < -0.4 is 0 Å². The summed E-state index contributed by atoms with van der Waals surface area (Å²) in [5, 5.41) is 10.4. The van der Waals surface area contributed by atoms with Crippen molar-refractivity contribution < 1.29 is 4.39 Å².